The van der Waals surface area contributed by atoms with Crippen LogP contribution in [0.15, 0.2) is 0 Å². The minimum atomic E-state index is -0.623. The highest BCUT2D eigenvalue weighted by Gasteiger charge is 2.14. The molecule has 0 radical (unpaired) electrons. The standard InChI is InChI=1S/C6H12N2O3/c1-7-6(11)5(2-3-9)8-4-10/h4-5,9H,2-3H2,1H3,(H,7,11)(H,8,10)/t5-/m0/s1. The number of aliphatic hydroxyl groups is 1. The third-order valence-electron chi connectivity index (χ3n) is 1.25. The maximum absolute atomic E-state index is 10.8. The van der Waals surface area contributed by atoms with Crippen molar-refractivity contribution >= 4 is 12.3 Å². The Morgan fingerprint density at radius 1 is 1.73 bits per heavy atom. The van der Waals surface area contributed by atoms with Crippen LogP contribution in [0, 0.1) is 0 Å². The molecule has 1 atom stereocenters. The Morgan fingerprint density at radius 2 is 2.36 bits per heavy atom. The van der Waals surface area contributed by atoms with Crippen molar-refractivity contribution in [2.24, 2.45) is 0 Å². The topological polar surface area (TPSA) is 78.4 Å². The highest BCUT2D eigenvalue weighted by atomic mass is 16.3. The van der Waals surface area contributed by atoms with Crippen molar-refractivity contribution in [2.45, 2.75) is 12.5 Å². The number of aliphatic hydroxyl groups excluding tert-OH is 1. The van der Waals surface area contributed by atoms with Crippen LogP contribution in [-0.4, -0.2) is 37.1 Å². The molecule has 5 nitrogen and oxygen atoms in total. The van der Waals surface area contributed by atoms with Crippen LogP contribution >= 0.6 is 0 Å². The van der Waals surface area contributed by atoms with E-state index in [-0.39, 0.29) is 18.9 Å². The van der Waals surface area contributed by atoms with E-state index in [4.69, 9.17) is 5.11 Å². The zero-order valence-corrected chi connectivity index (χ0v) is 6.33. The van der Waals surface area contributed by atoms with Crippen molar-refractivity contribution in [3.63, 3.8) is 0 Å². The molecule has 0 saturated carbocycles. The lowest BCUT2D eigenvalue weighted by Crippen LogP contribution is -2.42. The Morgan fingerprint density at radius 3 is 2.73 bits per heavy atom. The van der Waals surface area contributed by atoms with Gasteiger partial charge in [-0.2, -0.15) is 0 Å². The predicted molar refractivity (Wildman–Crippen MR) is 38.8 cm³/mol. The fourth-order valence-electron chi connectivity index (χ4n) is 0.676. The van der Waals surface area contributed by atoms with Gasteiger partial charge in [-0.05, 0) is 6.42 Å². The number of likely N-dealkylation sites (N-methyl/N-ethyl adjacent to an activating group) is 1. The van der Waals surface area contributed by atoms with Crippen molar-refractivity contribution in [2.75, 3.05) is 13.7 Å². The molecule has 0 aromatic rings. The van der Waals surface area contributed by atoms with E-state index in [1.54, 1.807) is 0 Å². The molecule has 2 amide bonds. The molecule has 0 aromatic carbocycles. The molecule has 0 unspecified atom stereocenters. The summed E-state index contributed by atoms with van der Waals surface area (Å²) in [6.07, 6.45) is 0.675. The Kier molecular flexibility index (Phi) is 5.10. The molecule has 3 N–H and O–H groups in total. The lowest BCUT2D eigenvalue weighted by molar-refractivity contribution is -0.125. The highest BCUT2D eigenvalue weighted by Crippen LogP contribution is 1.88. The first-order valence-electron chi connectivity index (χ1n) is 3.28. The summed E-state index contributed by atoms with van der Waals surface area (Å²) in [4.78, 5) is 20.8. The van der Waals surface area contributed by atoms with Crippen LogP contribution in [0.4, 0.5) is 0 Å². The molecule has 0 aromatic heterocycles. The SMILES string of the molecule is CNC(=O)[C@H](CCO)NC=O. The maximum atomic E-state index is 10.8. The quantitative estimate of drug-likeness (QED) is 0.416. The first kappa shape index (κ1) is 9.90. The average Bonchev–Trinajstić information content (AvgIpc) is 2.03. The van der Waals surface area contributed by atoms with Crippen LogP contribution in [0.2, 0.25) is 0 Å². The van der Waals surface area contributed by atoms with Crippen molar-refractivity contribution in [1.82, 2.24) is 10.6 Å². The smallest absolute Gasteiger partial charge is 0.242 e. The Bertz CT molecular complexity index is 138. The normalized spacial score (nSPS) is 11.8. The molecule has 0 heterocycles. The lowest BCUT2D eigenvalue weighted by Gasteiger charge is -2.11. The average molecular weight is 160 g/mol. The van der Waals surface area contributed by atoms with Gasteiger partial charge in [0.1, 0.15) is 6.04 Å². The summed E-state index contributed by atoms with van der Waals surface area (Å²) in [5, 5.41) is 13.1. The van der Waals surface area contributed by atoms with Gasteiger partial charge < -0.3 is 15.7 Å². The molecule has 0 rings (SSSR count). The Balaban J connectivity index is 3.86. The molecule has 0 spiro atoms. The van der Waals surface area contributed by atoms with Crippen molar-refractivity contribution < 1.29 is 14.7 Å². The summed E-state index contributed by atoms with van der Waals surface area (Å²) in [6.45, 7) is -0.126. The number of hydrogen-bond acceptors (Lipinski definition) is 3. The van der Waals surface area contributed by atoms with E-state index in [0.717, 1.165) is 0 Å². The summed E-state index contributed by atoms with van der Waals surface area (Å²) in [6, 6.07) is -0.623. The summed E-state index contributed by atoms with van der Waals surface area (Å²) in [5.74, 6) is -0.300. The number of nitrogens with one attached hydrogen (secondary N) is 2. The summed E-state index contributed by atoms with van der Waals surface area (Å²) < 4.78 is 0. The molecule has 0 aliphatic rings. The third kappa shape index (κ3) is 3.57. The molecule has 0 fully saturated rings. The van der Waals surface area contributed by atoms with Gasteiger partial charge in [-0.15, -0.1) is 0 Å². The molecular formula is C6H12N2O3. The minimum Gasteiger partial charge on any atom is -0.396 e. The van der Waals surface area contributed by atoms with Crippen LogP contribution in [0.5, 0.6) is 0 Å². The second kappa shape index (κ2) is 5.67. The van der Waals surface area contributed by atoms with E-state index >= 15 is 0 Å². The van der Waals surface area contributed by atoms with Crippen LogP contribution in [-0.2, 0) is 9.59 Å². The number of rotatable bonds is 5. The molecule has 0 saturated heterocycles. The van der Waals surface area contributed by atoms with E-state index in [0.29, 0.717) is 6.41 Å². The number of hydrogen-bond donors (Lipinski definition) is 3. The van der Waals surface area contributed by atoms with Crippen LogP contribution in [0.1, 0.15) is 6.42 Å². The number of amides is 2. The fourth-order valence-corrected chi connectivity index (χ4v) is 0.676. The molecule has 5 heteroatoms. The van der Waals surface area contributed by atoms with Crippen molar-refractivity contribution in [3.05, 3.63) is 0 Å². The van der Waals surface area contributed by atoms with Gasteiger partial charge in [-0.1, -0.05) is 0 Å². The van der Waals surface area contributed by atoms with E-state index in [9.17, 15) is 9.59 Å². The first-order valence-corrected chi connectivity index (χ1v) is 3.28. The van der Waals surface area contributed by atoms with Crippen molar-refractivity contribution in [3.8, 4) is 0 Å². The molecule has 0 aliphatic heterocycles. The van der Waals surface area contributed by atoms with Crippen LogP contribution < -0.4 is 10.6 Å². The highest BCUT2D eigenvalue weighted by molar-refractivity contribution is 5.83. The summed E-state index contributed by atoms with van der Waals surface area (Å²) in [7, 11) is 1.47. The van der Waals surface area contributed by atoms with Gasteiger partial charge in [0.05, 0.1) is 0 Å². The molecular weight excluding hydrogens is 148 g/mol. The molecule has 0 bridgehead atoms. The van der Waals surface area contributed by atoms with Gasteiger partial charge in [-0.25, -0.2) is 0 Å². The molecule has 64 valence electrons. The van der Waals surface area contributed by atoms with E-state index in [1.807, 2.05) is 0 Å². The predicted octanol–water partition coefficient (Wildman–Crippen LogP) is -1.77. The zero-order chi connectivity index (χ0) is 8.69. The first-order chi connectivity index (χ1) is 5.26. The monoisotopic (exact) mass is 160 g/mol. The fraction of sp³-hybridized carbons (Fsp3) is 0.667. The van der Waals surface area contributed by atoms with Gasteiger partial charge in [-0.3, -0.25) is 9.59 Å². The van der Waals surface area contributed by atoms with Gasteiger partial charge in [0.25, 0.3) is 0 Å². The number of carbonyl (C=O) groups excluding carboxylic acids is 2. The van der Waals surface area contributed by atoms with Crippen LogP contribution in [0.3, 0.4) is 0 Å². The molecule has 11 heavy (non-hydrogen) atoms. The third-order valence-corrected chi connectivity index (χ3v) is 1.25. The van der Waals surface area contributed by atoms with Crippen LogP contribution in [0.25, 0.3) is 0 Å². The van der Waals surface area contributed by atoms with E-state index in [1.165, 1.54) is 7.05 Å². The minimum absolute atomic E-state index is 0.126. The van der Waals surface area contributed by atoms with Gasteiger partial charge in [0, 0.05) is 13.7 Å². The van der Waals surface area contributed by atoms with E-state index in [2.05, 4.69) is 10.6 Å². The van der Waals surface area contributed by atoms with Crippen molar-refractivity contribution in [1.29, 1.82) is 0 Å². The van der Waals surface area contributed by atoms with Gasteiger partial charge in [0.2, 0.25) is 12.3 Å². The Hall–Kier alpha value is -1.10. The maximum Gasteiger partial charge on any atom is 0.242 e. The van der Waals surface area contributed by atoms with E-state index < -0.39 is 6.04 Å². The second-order valence-electron chi connectivity index (χ2n) is 1.96. The molecule has 0 aliphatic carbocycles. The summed E-state index contributed by atoms with van der Waals surface area (Å²) >= 11 is 0. The number of carbonyl (C=O) groups is 2. The lowest BCUT2D eigenvalue weighted by atomic mass is 10.2. The largest absolute Gasteiger partial charge is 0.396 e. The second-order valence-corrected chi connectivity index (χ2v) is 1.96. The van der Waals surface area contributed by atoms with Gasteiger partial charge in [0.15, 0.2) is 0 Å². The zero-order valence-electron chi connectivity index (χ0n) is 6.33. The van der Waals surface area contributed by atoms with Gasteiger partial charge >= 0.3 is 0 Å². The Labute approximate surface area is 64.8 Å². The summed E-state index contributed by atoms with van der Waals surface area (Å²) in [5.41, 5.74) is 0.